The number of hydrogen-bond donors (Lipinski definition) is 3. The first-order chi connectivity index (χ1) is 21.2. The summed E-state index contributed by atoms with van der Waals surface area (Å²) < 4.78 is 33.2. The largest absolute Gasteiger partial charge is 0.813 e. The molecule has 1 saturated heterocycles. The van der Waals surface area contributed by atoms with E-state index in [4.69, 9.17) is 5.73 Å². The molecule has 1 amide bonds. The van der Waals surface area contributed by atoms with Crippen LogP contribution in [0.5, 0.6) is 0 Å². The molecule has 2 fully saturated rings. The molecule has 0 spiro atoms. The van der Waals surface area contributed by atoms with E-state index in [0.29, 0.717) is 36.8 Å². The number of carbonyl (C=O) groups excluding carboxylic acids is 3. The van der Waals surface area contributed by atoms with Crippen molar-refractivity contribution in [1.29, 1.82) is 0 Å². The number of nitrogens with two attached hydrogens (primary N) is 1. The summed E-state index contributed by atoms with van der Waals surface area (Å²) >= 11 is 0. The summed E-state index contributed by atoms with van der Waals surface area (Å²) in [5, 5.41) is 3.21. The average Bonchev–Trinajstić information content (AvgIpc) is 3.58. The molecule has 4 rings (SSSR count). The van der Waals surface area contributed by atoms with Crippen molar-refractivity contribution in [2.24, 2.45) is 23.5 Å². The second-order valence-electron chi connectivity index (χ2n) is 11.7. The molecule has 0 bridgehead atoms. The fraction of sp³-hybridized carbons (Fsp3) is 0.667. The second-order valence-corrected chi connectivity index (χ2v) is 11.7. The normalized spacial score (nSPS) is 18.8. The summed E-state index contributed by atoms with van der Waals surface area (Å²) in [4.78, 5) is 40.3. The van der Waals surface area contributed by atoms with Gasteiger partial charge in [-0.2, -0.15) is 0 Å². The number of benzene rings is 1. The van der Waals surface area contributed by atoms with Crippen LogP contribution in [0.1, 0.15) is 94.1 Å². The summed E-state index contributed by atoms with van der Waals surface area (Å²) in [6, 6.07) is 5.54. The van der Waals surface area contributed by atoms with Crippen LogP contribution in [0.25, 0.3) is 10.9 Å². The molecule has 264 valence electrons. The van der Waals surface area contributed by atoms with Gasteiger partial charge in [0.25, 0.3) is 0 Å². The molecule has 1 aromatic carbocycles. The SMILES string of the molecule is CC1C(C2CCCCC2)CCN1C.CCC(C=O)CCCC(N)CF.CF.Cc1c(C(=O)OF)[nH]c2ccc(NC=O)cc12.[SH-].[Sm]. The molecule has 2 aliphatic rings. The molecule has 1 aromatic heterocycles. The number of aldehydes is 1. The molecule has 8 nitrogen and oxygen atoms in total. The Labute approximate surface area is 312 Å². The van der Waals surface area contributed by atoms with Crippen molar-refractivity contribution in [3.8, 4) is 0 Å². The number of nitrogens with zero attached hydrogens (tertiary/aromatic N) is 1. The van der Waals surface area contributed by atoms with Crippen molar-refractivity contribution in [3.05, 3.63) is 29.5 Å². The van der Waals surface area contributed by atoms with Gasteiger partial charge >= 0.3 is 5.97 Å². The number of amides is 1. The first-order valence-corrected chi connectivity index (χ1v) is 15.7. The van der Waals surface area contributed by atoms with Crippen LogP contribution in [0.3, 0.4) is 0 Å². The number of thiol groups is 1. The maximum absolute atomic E-state index is 11.9. The van der Waals surface area contributed by atoms with Crippen LogP contribution in [0.2, 0.25) is 0 Å². The minimum absolute atomic E-state index is 0. The van der Waals surface area contributed by atoms with Gasteiger partial charge in [0.2, 0.25) is 6.41 Å². The standard InChI is InChI=1S/C12H23N.C11H9FN2O3.C9H18FNO.CH3F.H2S.Sm/c1-10-12(8-9-13(10)2)11-6-4-3-5-7-11;1-6-8-4-7(13-5-15)2-3-9(8)14-10(6)11(16)17-12;1-2-8(7-12)4-3-5-9(11)6-10;1-2;;/h10-12H,3-9H2,1-2H3;2-5,14H,1H3,(H,13,15);7-9H,2-6,11H2,1H3;1H3;1H2;/p-1. The number of rotatable bonds is 11. The quantitative estimate of drug-likeness (QED) is 0.127. The summed E-state index contributed by atoms with van der Waals surface area (Å²) in [6.07, 6.45) is 13.8. The fourth-order valence-electron chi connectivity index (χ4n) is 6.13. The van der Waals surface area contributed by atoms with Gasteiger partial charge in [0.05, 0.1) is 7.18 Å². The number of nitrogens with one attached hydrogen (secondary N) is 2. The molecule has 13 heteroatoms. The van der Waals surface area contributed by atoms with E-state index in [0.717, 1.165) is 48.8 Å². The number of H-pyrrole nitrogens is 1. The van der Waals surface area contributed by atoms with Gasteiger partial charge in [-0.1, -0.05) is 45.4 Å². The third-order valence-electron chi connectivity index (χ3n) is 9.01. The fourth-order valence-corrected chi connectivity index (χ4v) is 6.13. The number of alkyl halides is 2. The molecule has 4 N–H and O–H groups in total. The van der Waals surface area contributed by atoms with Crippen molar-refractivity contribution in [2.75, 3.05) is 32.8 Å². The maximum atomic E-state index is 11.9. The van der Waals surface area contributed by atoms with Crippen molar-refractivity contribution in [1.82, 2.24) is 9.88 Å². The van der Waals surface area contributed by atoms with Crippen LogP contribution < -0.4 is 11.1 Å². The van der Waals surface area contributed by atoms with Crippen molar-refractivity contribution in [3.63, 3.8) is 0 Å². The van der Waals surface area contributed by atoms with Crippen LogP contribution in [-0.4, -0.2) is 68.1 Å². The van der Waals surface area contributed by atoms with E-state index in [1.54, 1.807) is 25.1 Å². The molecule has 1 aliphatic heterocycles. The Morgan fingerprint density at radius 3 is 2.33 bits per heavy atom. The number of halogens is 3. The van der Waals surface area contributed by atoms with E-state index in [-0.39, 0.29) is 71.5 Å². The molecule has 46 heavy (non-hydrogen) atoms. The monoisotopic (exact) mass is 811 g/mol. The van der Waals surface area contributed by atoms with Crippen LogP contribution >= 0.6 is 0 Å². The number of hydrogen-bond acceptors (Lipinski definition) is 7. The molecule has 4 unspecified atom stereocenters. The maximum Gasteiger partial charge on any atom is 0.395 e. The summed E-state index contributed by atoms with van der Waals surface area (Å²) in [5.74, 6) is 1.15. The van der Waals surface area contributed by atoms with Crippen molar-refractivity contribution < 1.29 is 73.0 Å². The molecule has 0 radical (unpaired) electrons. The van der Waals surface area contributed by atoms with Gasteiger partial charge in [0.15, 0.2) is 0 Å². The molecular formula is C33H54F3N4O4SSm-. The molecule has 1 aliphatic carbocycles. The predicted molar refractivity (Wildman–Crippen MR) is 179 cm³/mol. The van der Waals surface area contributed by atoms with Crippen molar-refractivity contribution >= 4 is 48.8 Å². The van der Waals surface area contributed by atoms with Crippen LogP contribution in [0.4, 0.5) is 19.0 Å². The Morgan fingerprint density at radius 2 is 1.83 bits per heavy atom. The first-order valence-electron chi connectivity index (χ1n) is 15.7. The third kappa shape index (κ3) is 15.3. The zero-order chi connectivity index (χ0) is 33.1. The second kappa shape index (κ2) is 26.7. The van der Waals surface area contributed by atoms with Gasteiger partial charge in [0, 0.05) is 79.5 Å². The van der Waals surface area contributed by atoms with Gasteiger partial charge in [-0.25, -0.2) is 14.1 Å². The topological polar surface area (TPSA) is 118 Å². The Bertz CT molecular complexity index is 1120. The van der Waals surface area contributed by atoms with E-state index in [1.807, 2.05) is 6.92 Å². The number of aromatic amines is 1. The van der Waals surface area contributed by atoms with Gasteiger partial charge in [0.1, 0.15) is 18.7 Å². The smallest absolute Gasteiger partial charge is 0.395 e. The first kappa shape index (κ1) is 46.9. The number of aromatic nitrogens is 1. The van der Waals surface area contributed by atoms with Crippen LogP contribution in [0.15, 0.2) is 18.2 Å². The van der Waals surface area contributed by atoms with Gasteiger partial charge in [-0.3, -0.25) is 9.18 Å². The van der Waals surface area contributed by atoms with E-state index in [2.05, 4.69) is 34.1 Å². The van der Waals surface area contributed by atoms with Gasteiger partial charge in [-0.05, 0) is 88.7 Å². The van der Waals surface area contributed by atoms with Crippen LogP contribution in [-0.2, 0) is 28.0 Å². The molecule has 2 heterocycles. The zero-order valence-electron chi connectivity index (χ0n) is 27.9. The third-order valence-corrected chi connectivity index (χ3v) is 9.01. The Balaban J connectivity index is 0. The number of likely N-dealkylation sites (tertiary alicyclic amines) is 1. The number of carbonyl (C=O) groups is 3. The molecule has 1 saturated carbocycles. The zero-order valence-corrected chi connectivity index (χ0v) is 31.4. The van der Waals surface area contributed by atoms with E-state index < -0.39 is 12.6 Å². The Kier molecular flexibility index (Phi) is 27.2. The van der Waals surface area contributed by atoms with E-state index in [9.17, 15) is 27.7 Å². The summed E-state index contributed by atoms with van der Waals surface area (Å²) in [6.45, 7) is 6.94. The number of fused-ring (bicyclic) bond motifs is 1. The minimum atomic E-state index is -1.07. The molecular weight excluding hydrogens is 756 g/mol. The molecule has 4 atom stereocenters. The predicted octanol–water partition coefficient (Wildman–Crippen LogP) is 6.99. The van der Waals surface area contributed by atoms with Gasteiger partial charge in [-0.15, -0.1) is 0 Å². The number of anilines is 1. The Morgan fingerprint density at radius 1 is 1.17 bits per heavy atom. The summed E-state index contributed by atoms with van der Waals surface area (Å²) in [7, 11) is 2.79. The van der Waals surface area contributed by atoms with Crippen molar-refractivity contribution in [2.45, 2.75) is 97.1 Å². The minimum Gasteiger partial charge on any atom is -0.813 e. The van der Waals surface area contributed by atoms with Gasteiger partial charge < -0.3 is 39.2 Å². The Hall–Kier alpha value is -1.23. The summed E-state index contributed by atoms with van der Waals surface area (Å²) in [5.41, 5.74) is 7.26. The van der Waals surface area contributed by atoms with Crippen LogP contribution in [0, 0.1) is 65.1 Å². The van der Waals surface area contributed by atoms with E-state index >= 15 is 0 Å². The average molecular weight is 810 g/mol. The number of aryl methyl sites for hydroxylation is 1. The van der Waals surface area contributed by atoms with E-state index in [1.165, 1.54) is 45.1 Å². The molecule has 2 aromatic rings.